The summed E-state index contributed by atoms with van der Waals surface area (Å²) in [6, 6.07) is 6.61. The van der Waals surface area contributed by atoms with Crippen LogP contribution in [0.5, 0.6) is 0 Å². The highest BCUT2D eigenvalue weighted by molar-refractivity contribution is 6.10. The Balaban J connectivity index is 1.91. The van der Waals surface area contributed by atoms with E-state index in [1.54, 1.807) is 44.3 Å². The fourth-order valence-electron chi connectivity index (χ4n) is 3.42. The highest BCUT2D eigenvalue weighted by Gasteiger charge is 2.27. The van der Waals surface area contributed by atoms with Crippen LogP contribution >= 0.6 is 0 Å². The molecule has 1 atom stereocenters. The van der Waals surface area contributed by atoms with Crippen molar-refractivity contribution in [1.29, 1.82) is 0 Å². The second-order valence-corrected chi connectivity index (χ2v) is 7.65. The first-order valence-corrected chi connectivity index (χ1v) is 9.26. The van der Waals surface area contributed by atoms with E-state index in [1.165, 1.54) is 6.20 Å². The topological polar surface area (TPSA) is 78.4 Å². The Hall–Kier alpha value is -2.64. The van der Waals surface area contributed by atoms with Crippen LogP contribution in [0.4, 0.5) is 10.2 Å². The summed E-state index contributed by atoms with van der Waals surface area (Å²) in [4.78, 5) is 23.4. The number of aromatic nitrogens is 2. The zero-order valence-electron chi connectivity index (χ0n) is 16.2. The van der Waals surface area contributed by atoms with E-state index in [2.05, 4.69) is 21.9 Å². The summed E-state index contributed by atoms with van der Waals surface area (Å²) in [6.07, 6.45) is 3.59. The number of carbonyl (C=O) groups is 1. The third kappa shape index (κ3) is 4.79. The normalized spacial score (nSPS) is 17.4. The molecular formula is C21H25FN4O2. The summed E-state index contributed by atoms with van der Waals surface area (Å²) in [5.41, 5.74) is -0.336. The molecule has 1 fully saturated rings. The zero-order chi connectivity index (χ0) is 20.3. The third-order valence-corrected chi connectivity index (χ3v) is 4.64. The molecule has 6 nitrogen and oxygen atoms in total. The average Bonchev–Trinajstić information content (AvgIpc) is 2.66. The van der Waals surface area contributed by atoms with Gasteiger partial charge in [0.2, 0.25) is 5.78 Å². The maximum atomic E-state index is 13.9. The number of aliphatic hydroxyl groups is 1. The summed E-state index contributed by atoms with van der Waals surface area (Å²) >= 11 is 0. The van der Waals surface area contributed by atoms with Crippen molar-refractivity contribution in [3.8, 4) is 0 Å². The van der Waals surface area contributed by atoms with Crippen molar-refractivity contribution in [2.24, 2.45) is 0 Å². The van der Waals surface area contributed by atoms with E-state index in [9.17, 15) is 14.3 Å². The predicted octanol–water partition coefficient (Wildman–Crippen LogP) is 2.59. The number of rotatable bonds is 6. The Morgan fingerprint density at radius 3 is 2.86 bits per heavy atom. The molecule has 0 spiro atoms. The molecule has 2 aromatic heterocycles. The van der Waals surface area contributed by atoms with E-state index < -0.39 is 17.2 Å². The van der Waals surface area contributed by atoms with Gasteiger partial charge in [-0.15, -0.1) is 0 Å². The quantitative estimate of drug-likeness (QED) is 0.746. The standard InChI is InChI=1S/C21H25FN4O2/c1-14(22)17-6-7-18(25-19(17)20(27)15-5-4-8-23-12-15)26-10-9-24-16(13-26)11-21(2,3)28/h4-8,12,16,24,28H,1,9-11,13H2,2-3H3. The molecule has 0 radical (unpaired) electrons. The molecule has 1 aliphatic rings. The van der Waals surface area contributed by atoms with Gasteiger partial charge < -0.3 is 15.3 Å². The summed E-state index contributed by atoms with van der Waals surface area (Å²) < 4.78 is 13.9. The van der Waals surface area contributed by atoms with Crippen LogP contribution in [0.1, 0.15) is 41.9 Å². The maximum absolute atomic E-state index is 13.9. The van der Waals surface area contributed by atoms with E-state index in [-0.39, 0.29) is 17.3 Å². The minimum atomic E-state index is -0.786. The molecule has 7 heteroatoms. The van der Waals surface area contributed by atoms with Crippen LogP contribution in [0.3, 0.4) is 0 Å². The molecule has 1 aliphatic heterocycles. The van der Waals surface area contributed by atoms with Crippen LogP contribution in [-0.2, 0) is 0 Å². The maximum Gasteiger partial charge on any atom is 0.213 e. The summed E-state index contributed by atoms with van der Waals surface area (Å²) in [5, 5.41) is 13.5. The molecule has 3 rings (SSSR count). The number of nitrogens with zero attached hydrogens (tertiary/aromatic N) is 3. The molecule has 28 heavy (non-hydrogen) atoms. The molecular weight excluding hydrogens is 359 g/mol. The van der Waals surface area contributed by atoms with Gasteiger partial charge in [-0.05, 0) is 44.5 Å². The van der Waals surface area contributed by atoms with Crippen LogP contribution in [0.25, 0.3) is 5.83 Å². The van der Waals surface area contributed by atoms with Gasteiger partial charge in [0.05, 0.1) is 5.60 Å². The second-order valence-electron chi connectivity index (χ2n) is 7.65. The number of anilines is 1. The lowest BCUT2D eigenvalue weighted by atomic mass is 9.97. The minimum Gasteiger partial charge on any atom is -0.390 e. The number of piperazine rings is 1. The van der Waals surface area contributed by atoms with E-state index in [0.717, 1.165) is 6.54 Å². The van der Waals surface area contributed by atoms with Crippen molar-refractivity contribution < 1.29 is 14.3 Å². The number of carbonyl (C=O) groups excluding carboxylic acids is 1. The van der Waals surface area contributed by atoms with Gasteiger partial charge in [-0.2, -0.15) is 0 Å². The van der Waals surface area contributed by atoms with Crippen molar-refractivity contribution in [2.45, 2.75) is 31.9 Å². The van der Waals surface area contributed by atoms with Crippen LogP contribution in [0.2, 0.25) is 0 Å². The van der Waals surface area contributed by atoms with E-state index in [0.29, 0.717) is 30.9 Å². The Labute approximate surface area is 164 Å². The zero-order valence-corrected chi connectivity index (χ0v) is 16.2. The van der Waals surface area contributed by atoms with Gasteiger partial charge in [-0.1, -0.05) is 6.58 Å². The summed E-state index contributed by atoms with van der Waals surface area (Å²) in [7, 11) is 0. The number of hydrogen-bond acceptors (Lipinski definition) is 6. The molecule has 0 aromatic carbocycles. The summed E-state index contributed by atoms with van der Waals surface area (Å²) in [6.45, 7) is 8.94. The van der Waals surface area contributed by atoms with Gasteiger partial charge in [0, 0.05) is 49.2 Å². The lowest BCUT2D eigenvalue weighted by molar-refractivity contribution is 0.0586. The van der Waals surface area contributed by atoms with Gasteiger partial charge in [-0.3, -0.25) is 9.78 Å². The van der Waals surface area contributed by atoms with Crippen molar-refractivity contribution >= 4 is 17.4 Å². The number of ketones is 1. The molecule has 0 bridgehead atoms. The molecule has 2 N–H and O–H groups in total. The number of hydrogen-bond donors (Lipinski definition) is 2. The fraction of sp³-hybridized carbons (Fsp3) is 0.381. The van der Waals surface area contributed by atoms with Crippen LogP contribution in [0, 0.1) is 0 Å². The van der Waals surface area contributed by atoms with Gasteiger partial charge in [-0.25, -0.2) is 9.37 Å². The van der Waals surface area contributed by atoms with E-state index in [4.69, 9.17) is 0 Å². The van der Waals surface area contributed by atoms with Crippen LogP contribution in [0.15, 0.2) is 43.2 Å². The Bertz CT molecular complexity index is 864. The van der Waals surface area contributed by atoms with Crippen LogP contribution < -0.4 is 10.2 Å². The van der Waals surface area contributed by atoms with Gasteiger partial charge in [0.25, 0.3) is 0 Å². The fourth-order valence-corrected chi connectivity index (χ4v) is 3.42. The van der Waals surface area contributed by atoms with Gasteiger partial charge in [0.1, 0.15) is 17.3 Å². The van der Waals surface area contributed by atoms with E-state index >= 15 is 0 Å². The molecule has 0 saturated carbocycles. The monoisotopic (exact) mass is 384 g/mol. The highest BCUT2D eigenvalue weighted by Crippen LogP contribution is 2.25. The van der Waals surface area contributed by atoms with Crippen LogP contribution in [-0.4, -0.2) is 52.1 Å². The molecule has 0 amide bonds. The summed E-state index contributed by atoms with van der Waals surface area (Å²) in [5.74, 6) is -0.502. The first-order chi connectivity index (χ1) is 13.2. The predicted molar refractivity (Wildman–Crippen MR) is 107 cm³/mol. The number of nitrogens with one attached hydrogen (secondary N) is 1. The van der Waals surface area contributed by atoms with Crippen molar-refractivity contribution in [3.63, 3.8) is 0 Å². The Morgan fingerprint density at radius 1 is 1.43 bits per heavy atom. The Morgan fingerprint density at radius 2 is 2.21 bits per heavy atom. The largest absolute Gasteiger partial charge is 0.390 e. The molecule has 2 aromatic rings. The van der Waals surface area contributed by atoms with E-state index in [1.807, 2.05) is 4.90 Å². The van der Waals surface area contributed by atoms with Crippen molar-refractivity contribution in [3.05, 3.63) is 60.1 Å². The van der Waals surface area contributed by atoms with Gasteiger partial charge in [0.15, 0.2) is 0 Å². The number of halogens is 1. The smallest absolute Gasteiger partial charge is 0.213 e. The first-order valence-electron chi connectivity index (χ1n) is 9.26. The van der Waals surface area contributed by atoms with Gasteiger partial charge >= 0.3 is 0 Å². The number of pyridine rings is 2. The third-order valence-electron chi connectivity index (χ3n) is 4.64. The molecule has 148 valence electrons. The molecule has 1 saturated heterocycles. The van der Waals surface area contributed by atoms with Crippen molar-refractivity contribution in [1.82, 2.24) is 15.3 Å². The molecule has 1 unspecified atom stereocenters. The minimum absolute atomic E-state index is 0.0237. The lowest BCUT2D eigenvalue weighted by Gasteiger charge is -2.37. The SMILES string of the molecule is C=C(F)c1ccc(N2CCNC(CC(C)(C)O)C2)nc1C(=O)c1cccnc1. The molecule has 3 heterocycles. The first kappa shape index (κ1) is 20.1. The second kappa shape index (κ2) is 8.16. The molecule has 0 aliphatic carbocycles. The highest BCUT2D eigenvalue weighted by atomic mass is 19.1. The van der Waals surface area contributed by atoms with Crippen molar-refractivity contribution in [2.75, 3.05) is 24.5 Å². The Kier molecular flexibility index (Phi) is 5.86. The average molecular weight is 384 g/mol. The lowest BCUT2D eigenvalue weighted by Crippen LogP contribution is -2.53.